The summed E-state index contributed by atoms with van der Waals surface area (Å²) in [4.78, 5) is 26.2. The second-order valence-electron chi connectivity index (χ2n) is 6.99. The predicted octanol–water partition coefficient (Wildman–Crippen LogP) is 3.71. The van der Waals surface area contributed by atoms with E-state index in [-0.39, 0.29) is 15.8 Å². The van der Waals surface area contributed by atoms with E-state index >= 15 is 0 Å². The number of para-hydroxylation sites is 2. The molecule has 160 valence electrons. The quantitative estimate of drug-likeness (QED) is 0.505. The second kappa shape index (κ2) is 10.2. The molecule has 33 heavy (non-hydrogen) atoms. The highest BCUT2D eigenvalue weighted by molar-refractivity contribution is 7.07. The van der Waals surface area contributed by atoms with E-state index < -0.39 is 5.91 Å². The molecule has 4 rings (SSSR count). The first-order valence-corrected chi connectivity index (χ1v) is 11.0. The number of nitriles is 1. The van der Waals surface area contributed by atoms with E-state index in [0.717, 1.165) is 16.9 Å². The van der Waals surface area contributed by atoms with Crippen molar-refractivity contribution >= 4 is 40.7 Å². The van der Waals surface area contributed by atoms with Crippen LogP contribution < -0.4 is 20.1 Å². The first kappa shape index (κ1) is 21.8. The van der Waals surface area contributed by atoms with Crippen molar-refractivity contribution < 1.29 is 4.79 Å². The first-order chi connectivity index (χ1) is 16.2. The van der Waals surface area contributed by atoms with Crippen LogP contribution in [0.5, 0.6) is 0 Å². The molecule has 1 aromatic heterocycles. The van der Waals surface area contributed by atoms with E-state index in [2.05, 4.69) is 5.32 Å². The van der Waals surface area contributed by atoms with Crippen LogP contribution in [-0.2, 0) is 4.79 Å². The number of thiazole rings is 1. The number of carbonyl (C=O) groups is 1. The van der Waals surface area contributed by atoms with Gasteiger partial charge in [0, 0.05) is 5.69 Å². The topological polar surface area (TPSA) is 74.9 Å². The van der Waals surface area contributed by atoms with Crippen molar-refractivity contribution in [2.75, 3.05) is 5.32 Å². The Hall–Kier alpha value is -4.47. The highest BCUT2D eigenvalue weighted by Crippen LogP contribution is 2.08. The van der Waals surface area contributed by atoms with Gasteiger partial charge >= 0.3 is 0 Å². The lowest BCUT2D eigenvalue weighted by Gasteiger charge is -2.05. The van der Waals surface area contributed by atoms with Crippen molar-refractivity contribution in [1.82, 2.24) is 4.57 Å². The summed E-state index contributed by atoms with van der Waals surface area (Å²) in [5.74, 6) is -0.569. The van der Waals surface area contributed by atoms with Crippen LogP contribution in [0.2, 0.25) is 0 Å². The average Bonchev–Trinajstić information content (AvgIpc) is 3.17. The number of aromatic nitrogens is 1. The molecule has 0 bridgehead atoms. The molecule has 5 nitrogen and oxygen atoms in total. The largest absolute Gasteiger partial charge is 0.321 e. The Balaban J connectivity index is 1.87. The number of nitrogens with one attached hydrogen (secondary N) is 1. The minimum absolute atomic E-state index is 0.128. The number of nitrogens with zero attached hydrogens (tertiary/aromatic N) is 2. The zero-order valence-electron chi connectivity index (χ0n) is 17.5. The third kappa shape index (κ3) is 5.06. The highest BCUT2D eigenvalue weighted by Gasteiger charge is 2.17. The Bertz CT molecular complexity index is 1510. The van der Waals surface area contributed by atoms with Gasteiger partial charge in [-0.2, -0.15) is 5.26 Å². The third-order valence-electron chi connectivity index (χ3n) is 4.76. The molecule has 0 aliphatic heterocycles. The van der Waals surface area contributed by atoms with Gasteiger partial charge < -0.3 is 5.32 Å². The Morgan fingerprint density at radius 3 is 2.15 bits per heavy atom. The zero-order chi connectivity index (χ0) is 23.0. The fraction of sp³-hybridized carbons (Fsp3) is 0. The number of rotatable bonds is 5. The van der Waals surface area contributed by atoms with Crippen LogP contribution in [0.15, 0.2) is 102 Å². The summed E-state index contributed by atoms with van der Waals surface area (Å²) in [5.41, 5.74) is 1.73. The van der Waals surface area contributed by atoms with Gasteiger partial charge in [0.25, 0.3) is 11.5 Å². The molecule has 0 saturated carbocycles. The summed E-state index contributed by atoms with van der Waals surface area (Å²) in [6.07, 6.45) is 5.38. The van der Waals surface area contributed by atoms with E-state index in [9.17, 15) is 14.9 Å². The van der Waals surface area contributed by atoms with Crippen molar-refractivity contribution in [3.8, 4) is 11.8 Å². The molecule has 3 aromatic carbocycles. The van der Waals surface area contributed by atoms with Gasteiger partial charge in [-0.3, -0.25) is 14.2 Å². The lowest BCUT2D eigenvalue weighted by atomic mass is 10.2. The molecule has 1 amide bonds. The van der Waals surface area contributed by atoms with Crippen LogP contribution in [0.1, 0.15) is 5.56 Å². The maximum absolute atomic E-state index is 13.3. The predicted molar refractivity (Wildman–Crippen MR) is 133 cm³/mol. The van der Waals surface area contributed by atoms with Crippen LogP contribution in [0.3, 0.4) is 0 Å². The highest BCUT2D eigenvalue weighted by atomic mass is 32.1. The van der Waals surface area contributed by atoms with E-state index in [4.69, 9.17) is 0 Å². The minimum atomic E-state index is -0.569. The summed E-state index contributed by atoms with van der Waals surface area (Å²) >= 11 is 1.11. The van der Waals surface area contributed by atoms with Crippen LogP contribution in [0, 0.1) is 11.3 Å². The molecular formula is C27H19N3O2S. The van der Waals surface area contributed by atoms with Crippen LogP contribution in [-0.4, -0.2) is 10.5 Å². The van der Waals surface area contributed by atoms with Gasteiger partial charge in [0.2, 0.25) is 0 Å². The van der Waals surface area contributed by atoms with E-state index in [1.54, 1.807) is 60.7 Å². The fourth-order valence-corrected chi connectivity index (χ4v) is 4.25. The number of benzene rings is 3. The van der Waals surface area contributed by atoms with Crippen LogP contribution in [0.4, 0.5) is 5.69 Å². The molecule has 1 heterocycles. The molecule has 0 fully saturated rings. The molecule has 0 aliphatic carbocycles. The number of carbonyl (C=O) groups excluding carboxylic acids is 1. The van der Waals surface area contributed by atoms with Gasteiger partial charge in [-0.25, -0.2) is 0 Å². The van der Waals surface area contributed by atoms with Gasteiger partial charge in [-0.1, -0.05) is 78.9 Å². The van der Waals surface area contributed by atoms with Crippen molar-refractivity contribution in [2.24, 2.45) is 0 Å². The summed E-state index contributed by atoms with van der Waals surface area (Å²) in [7, 11) is 0. The average molecular weight is 450 g/mol. The molecule has 4 aromatic rings. The van der Waals surface area contributed by atoms with Gasteiger partial charge in [-0.15, -0.1) is 11.3 Å². The smallest absolute Gasteiger partial charge is 0.273 e. The maximum atomic E-state index is 13.3. The summed E-state index contributed by atoms with van der Waals surface area (Å²) < 4.78 is 2.11. The fourth-order valence-electron chi connectivity index (χ4n) is 3.20. The van der Waals surface area contributed by atoms with Gasteiger partial charge in [0.05, 0.1) is 10.2 Å². The molecule has 6 heteroatoms. The molecule has 0 radical (unpaired) electrons. The Morgan fingerprint density at radius 2 is 1.52 bits per heavy atom. The number of hydrogen-bond acceptors (Lipinski definition) is 4. The third-order valence-corrected chi connectivity index (χ3v) is 5.87. The van der Waals surface area contributed by atoms with Gasteiger partial charge in [-0.05, 0) is 35.9 Å². The number of anilines is 1. The Labute approximate surface area is 194 Å². The zero-order valence-corrected chi connectivity index (χ0v) is 18.3. The van der Waals surface area contributed by atoms with E-state index in [0.29, 0.717) is 15.9 Å². The lowest BCUT2D eigenvalue weighted by Crippen LogP contribution is -2.32. The van der Waals surface area contributed by atoms with Gasteiger partial charge in [0.1, 0.15) is 10.7 Å². The normalized spacial score (nSPS) is 12.4. The summed E-state index contributed by atoms with van der Waals surface area (Å²) in [5, 5.41) is 12.6. The minimum Gasteiger partial charge on any atom is -0.321 e. The number of allylic oxidation sites excluding steroid dienone is 1. The SMILES string of the molecule is N#C/C(C(=O)Nc1ccccc1)=c1/s/c(=C/C=C/c2ccccc2)c(=O)n1-c1ccccc1. The van der Waals surface area contributed by atoms with Crippen molar-refractivity contribution in [2.45, 2.75) is 0 Å². The second-order valence-corrected chi connectivity index (χ2v) is 8.02. The van der Waals surface area contributed by atoms with Gasteiger partial charge in [0.15, 0.2) is 5.57 Å². The summed E-state index contributed by atoms with van der Waals surface area (Å²) in [6, 6.07) is 29.6. The maximum Gasteiger partial charge on any atom is 0.273 e. The van der Waals surface area contributed by atoms with E-state index in [1.807, 2.05) is 54.6 Å². The first-order valence-electron chi connectivity index (χ1n) is 10.2. The van der Waals surface area contributed by atoms with Crippen molar-refractivity contribution in [3.63, 3.8) is 0 Å². The molecule has 0 atom stereocenters. The van der Waals surface area contributed by atoms with Crippen molar-refractivity contribution in [3.05, 3.63) is 122 Å². The number of amides is 1. The molecule has 0 spiro atoms. The van der Waals surface area contributed by atoms with E-state index in [1.165, 1.54) is 4.57 Å². The van der Waals surface area contributed by atoms with Crippen LogP contribution in [0.25, 0.3) is 23.4 Å². The molecule has 0 saturated heterocycles. The lowest BCUT2D eigenvalue weighted by molar-refractivity contribution is -0.111. The molecular weight excluding hydrogens is 430 g/mol. The van der Waals surface area contributed by atoms with Crippen LogP contribution >= 0.6 is 11.3 Å². The number of hydrogen-bond donors (Lipinski definition) is 1. The standard InChI is InChI=1S/C27H19N3O2S/c28-19-23(25(31)29-21-14-6-2-7-15-21)27-30(22-16-8-3-9-17-22)26(32)24(33-27)18-10-13-20-11-4-1-5-12-20/h1-18H,(H,29,31)/b13-10+,24-18+,27-23-. The molecule has 0 unspecified atom stereocenters. The molecule has 1 N–H and O–H groups in total. The summed E-state index contributed by atoms with van der Waals surface area (Å²) in [6.45, 7) is 0. The Kier molecular flexibility index (Phi) is 6.74. The van der Waals surface area contributed by atoms with Crippen molar-refractivity contribution in [1.29, 1.82) is 5.26 Å². The molecule has 0 aliphatic rings. The monoisotopic (exact) mass is 449 g/mol. The Morgan fingerprint density at radius 1 is 0.909 bits per heavy atom.